The maximum atomic E-state index is 3.63. The van der Waals surface area contributed by atoms with Crippen molar-refractivity contribution in [1.29, 1.82) is 0 Å². The molecule has 2 heteroatoms. The van der Waals surface area contributed by atoms with Crippen LogP contribution < -0.4 is 5.32 Å². The molecule has 1 aromatic carbocycles. The van der Waals surface area contributed by atoms with Crippen LogP contribution in [0.4, 0.5) is 0 Å². The van der Waals surface area contributed by atoms with Crippen LogP contribution >= 0.6 is 11.3 Å². The summed E-state index contributed by atoms with van der Waals surface area (Å²) in [5.74, 6) is 0. The van der Waals surface area contributed by atoms with Crippen molar-refractivity contribution in [2.24, 2.45) is 0 Å². The second-order valence-corrected chi connectivity index (χ2v) is 5.58. The van der Waals surface area contributed by atoms with Crippen molar-refractivity contribution in [3.05, 3.63) is 35.2 Å². The van der Waals surface area contributed by atoms with Gasteiger partial charge >= 0.3 is 0 Å². The zero-order valence-electron chi connectivity index (χ0n) is 8.92. The maximum Gasteiger partial charge on any atom is 0.0346 e. The third kappa shape index (κ3) is 1.80. The van der Waals surface area contributed by atoms with Crippen molar-refractivity contribution in [1.82, 2.24) is 5.32 Å². The van der Waals surface area contributed by atoms with E-state index >= 15 is 0 Å². The Morgan fingerprint density at radius 3 is 2.93 bits per heavy atom. The summed E-state index contributed by atoms with van der Waals surface area (Å²) in [6.07, 6.45) is 2.66. The van der Waals surface area contributed by atoms with E-state index in [0.29, 0.717) is 5.54 Å². The van der Waals surface area contributed by atoms with E-state index in [1.54, 1.807) is 0 Å². The molecule has 1 nitrogen and oxygen atoms in total. The lowest BCUT2D eigenvalue weighted by Crippen LogP contribution is -2.26. The second kappa shape index (κ2) is 3.32. The summed E-state index contributed by atoms with van der Waals surface area (Å²) in [6.45, 7) is 3.32. The second-order valence-electron chi connectivity index (χ2n) is 4.67. The number of nitrogens with one attached hydrogen (secondary N) is 1. The molecular weight excluding hydrogens is 202 g/mol. The molecule has 0 aliphatic heterocycles. The maximum absolute atomic E-state index is 3.63. The van der Waals surface area contributed by atoms with E-state index in [1.807, 2.05) is 11.3 Å². The molecular formula is C13H15NS. The molecule has 0 saturated heterocycles. The van der Waals surface area contributed by atoms with E-state index in [4.69, 9.17) is 0 Å². The van der Waals surface area contributed by atoms with E-state index in [0.717, 1.165) is 6.54 Å². The Kier molecular flexibility index (Phi) is 2.08. The van der Waals surface area contributed by atoms with Gasteiger partial charge in [0.1, 0.15) is 0 Å². The summed E-state index contributed by atoms with van der Waals surface area (Å²) in [5, 5.41) is 7.33. The van der Waals surface area contributed by atoms with Crippen molar-refractivity contribution in [2.75, 3.05) is 0 Å². The largest absolute Gasteiger partial charge is 0.307 e. The molecule has 1 saturated carbocycles. The van der Waals surface area contributed by atoms with Crippen molar-refractivity contribution in [2.45, 2.75) is 31.8 Å². The van der Waals surface area contributed by atoms with Gasteiger partial charge in [-0.25, -0.2) is 0 Å². The van der Waals surface area contributed by atoms with Gasteiger partial charge in [0, 0.05) is 16.8 Å². The standard InChI is InChI=1S/C13H15NS/c1-13(6-7-13)14-8-10-9-15-12-5-3-2-4-11(10)12/h2-5,9,14H,6-8H2,1H3. The Balaban J connectivity index is 1.84. The molecule has 1 aromatic heterocycles. The minimum Gasteiger partial charge on any atom is -0.307 e. The fraction of sp³-hybridized carbons (Fsp3) is 0.385. The number of thiophene rings is 1. The molecule has 3 rings (SSSR count). The molecule has 78 valence electrons. The molecule has 1 aliphatic carbocycles. The van der Waals surface area contributed by atoms with Gasteiger partial charge in [-0.05, 0) is 42.2 Å². The fourth-order valence-corrected chi connectivity index (χ4v) is 2.81. The SMILES string of the molecule is CC1(NCc2csc3ccccc23)CC1. The molecule has 1 N–H and O–H groups in total. The third-order valence-electron chi connectivity index (χ3n) is 3.27. The van der Waals surface area contributed by atoms with Crippen LogP contribution in [0.1, 0.15) is 25.3 Å². The quantitative estimate of drug-likeness (QED) is 0.829. The third-order valence-corrected chi connectivity index (χ3v) is 4.28. The lowest BCUT2D eigenvalue weighted by molar-refractivity contribution is 0.540. The van der Waals surface area contributed by atoms with Crippen LogP contribution in [0.15, 0.2) is 29.6 Å². The normalized spacial score (nSPS) is 18.2. The van der Waals surface area contributed by atoms with Crippen LogP contribution in [0.3, 0.4) is 0 Å². The minimum atomic E-state index is 0.434. The predicted molar refractivity (Wildman–Crippen MR) is 66.3 cm³/mol. The average Bonchev–Trinajstić information content (AvgIpc) is 2.86. The number of hydrogen-bond acceptors (Lipinski definition) is 2. The van der Waals surface area contributed by atoms with Crippen molar-refractivity contribution < 1.29 is 0 Å². The molecule has 2 aromatic rings. The minimum absolute atomic E-state index is 0.434. The van der Waals surface area contributed by atoms with Gasteiger partial charge in [0.2, 0.25) is 0 Å². The van der Waals surface area contributed by atoms with E-state index in [2.05, 4.69) is 41.9 Å². The molecule has 0 bridgehead atoms. The van der Waals surface area contributed by atoms with E-state index < -0.39 is 0 Å². The highest BCUT2D eigenvalue weighted by molar-refractivity contribution is 7.17. The molecule has 15 heavy (non-hydrogen) atoms. The van der Waals surface area contributed by atoms with Crippen molar-refractivity contribution in [3.63, 3.8) is 0 Å². The molecule has 0 amide bonds. The highest BCUT2D eigenvalue weighted by Gasteiger charge is 2.36. The Hall–Kier alpha value is -0.860. The first-order chi connectivity index (χ1) is 7.27. The lowest BCUT2D eigenvalue weighted by atomic mass is 10.1. The highest BCUT2D eigenvalue weighted by Crippen LogP contribution is 2.35. The smallest absolute Gasteiger partial charge is 0.0346 e. The molecule has 0 unspecified atom stereocenters. The van der Waals surface area contributed by atoms with Gasteiger partial charge in [0.15, 0.2) is 0 Å². The molecule has 1 heterocycles. The summed E-state index contributed by atoms with van der Waals surface area (Å²) < 4.78 is 1.40. The number of fused-ring (bicyclic) bond motifs is 1. The summed E-state index contributed by atoms with van der Waals surface area (Å²) in [6, 6.07) is 8.65. The summed E-state index contributed by atoms with van der Waals surface area (Å²) in [5.41, 5.74) is 1.88. The van der Waals surface area contributed by atoms with Crippen molar-refractivity contribution in [3.8, 4) is 0 Å². The van der Waals surface area contributed by atoms with Gasteiger partial charge in [0.05, 0.1) is 0 Å². The highest BCUT2D eigenvalue weighted by atomic mass is 32.1. The number of benzene rings is 1. The molecule has 1 aliphatic rings. The Morgan fingerprint density at radius 2 is 2.13 bits per heavy atom. The lowest BCUT2D eigenvalue weighted by Gasteiger charge is -2.10. The van der Waals surface area contributed by atoms with Gasteiger partial charge in [-0.1, -0.05) is 18.2 Å². The Bertz CT molecular complexity index is 482. The topological polar surface area (TPSA) is 12.0 Å². The van der Waals surface area contributed by atoms with E-state index in [9.17, 15) is 0 Å². The van der Waals surface area contributed by atoms with Gasteiger partial charge in [0.25, 0.3) is 0 Å². The van der Waals surface area contributed by atoms with Crippen LogP contribution in [0.25, 0.3) is 10.1 Å². The van der Waals surface area contributed by atoms with Gasteiger partial charge in [-0.3, -0.25) is 0 Å². The number of rotatable bonds is 3. The van der Waals surface area contributed by atoms with Gasteiger partial charge in [-0.2, -0.15) is 0 Å². The molecule has 0 radical (unpaired) electrons. The zero-order valence-corrected chi connectivity index (χ0v) is 9.73. The van der Waals surface area contributed by atoms with Crippen LogP contribution in [0.2, 0.25) is 0 Å². The first-order valence-electron chi connectivity index (χ1n) is 5.47. The molecule has 0 atom stereocenters. The molecule has 1 fully saturated rings. The first-order valence-corrected chi connectivity index (χ1v) is 6.35. The van der Waals surface area contributed by atoms with Crippen LogP contribution in [-0.2, 0) is 6.54 Å². The summed E-state index contributed by atoms with van der Waals surface area (Å²) in [7, 11) is 0. The number of hydrogen-bond donors (Lipinski definition) is 1. The predicted octanol–water partition coefficient (Wildman–Crippen LogP) is 3.54. The van der Waals surface area contributed by atoms with Crippen LogP contribution in [0, 0.1) is 0 Å². The van der Waals surface area contributed by atoms with E-state index in [-0.39, 0.29) is 0 Å². The monoisotopic (exact) mass is 217 g/mol. The Morgan fingerprint density at radius 1 is 1.33 bits per heavy atom. The fourth-order valence-electron chi connectivity index (χ4n) is 1.84. The van der Waals surface area contributed by atoms with E-state index in [1.165, 1.54) is 28.5 Å². The van der Waals surface area contributed by atoms with Crippen LogP contribution in [-0.4, -0.2) is 5.54 Å². The Labute approximate surface area is 94.1 Å². The molecule has 0 spiro atoms. The summed E-state index contributed by atoms with van der Waals surface area (Å²) >= 11 is 1.84. The summed E-state index contributed by atoms with van der Waals surface area (Å²) in [4.78, 5) is 0. The van der Waals surface area contributed by atoms with Crippen molar-refractivity contribution >= 4 is 21.4 Å². The average molecular weight is 217 g/mol. The van der Waals surface area contributed by atoms with Gasteiger partial charge < -0.3 is 5.32 Å². The van der Waals surface area contributed by atoms with Crippen LogP contribution in [0.5, 0.6) is 0 Å². The van der Waals surface area contributed by atoms with Gasteiger partial charge in [-0.15, -0.1) is 11.3 Å². The zero-order chi connectivity index (χ0) is 10.3. The first kappa shape index (κ1) is 9.37.